The Morgan fingerprint density at radius 2 is 1.91 bits per heavy atom. The summed E-state index contributed by atoms with van der Waals surface area (Å²) in [5.41, 5.74) is 1.28. The Balaban J connectivity index is 1.20. The fraction of sp³-hybridized carbons (Fsp3) is 0.250. The van der Waals surface area contributed by atoms with Crippen molar-refractivity contribution in [2.24, 2.45) is 0 Å². The average Bonchev–Trinajstić information content (AvgIpc) is 3.52. The van der Waals surface area contributed by atoms with Crippen molar-refractivity contribution < 1.29 is 19.1 Å². The van der Waals surface area contributed by atoms with Gasteiger partial charge in [-0.25, -0.2) is 9.67 Å². The number of nitrogens with one attached hydrogen (secondary N) is 1. The summed E-state index contributed by atoms with van der Waals surface area (Å²) in [5.74, 6) is -0.0534. The number of thiazole rings is 1. The minimum Gasteiger partial charge on any atom is -0.492 e. The zero-order chi connectivity index (χ0) is 24.2. The van der Waals surface area contributed by atoms with Crippen LogP contribution in [0.25, 0.3) is 10.2 Å². The van der Waals surface area contributed by atoms with Crippen LogP contribution in [0.4, 0.5) is 5.13 Å². The van der Waals surface area contributed by atoms with Crippen LogP contribution in [0.5, 0.6) is 5.75 Å². The molecule has 1 amide bonds. The largest absolute Gasteiger partial charge is 0.492 e. The quantitative estimate of drug-likeness (QED) is 0.403. The number of carbonyl (C=O) groups is 2. The zero-order valence-electron chi connectivity index (χ0n) is 18.6. The topological polar surface area (TPSA) is 98.6 Å². The number of nitrogens with zero attached hydrogens (tertiary/aromatic N) is 4. The SMILES string of the molecule is O=C(Nc1nc2ccc(OCCN3CCOCC3)cc2s1)c1ccn(C(=O)c2ccc(Cl)cc2)n1. The Kier molecular flexibility index (Phi) is 7.05. The number of hydrogen-bond acceptors (Lipinski definition) is 8. The van der Waals surface area contributed by atoms with Gasteiger partial charge in [-0.15, -0.1) is 0 Å². The Morgan fingerprint density at radius 3 is 2.71 bits per heavy atom. The zero-order valence-corrected chi connectivity index (χ0v) is 20.2. The molecule has 1 aliphatic rings. The third kappa shape index (κ3) is 5.68. The summed E-state index contributed by atoms with van der Waals surface area (Å²) in [5, 5.41) is 7.84. The van der Waals surface area contributed by atoms with Gasteiger partial charge in [-0.1, -0.05) is 22.9 Å². The average molecular weight is 512 g/mol. The number of amides is 1. The molecule has 4 aromatic rings. The molecule has 35 heavy (non-hydrogen) atoms. The normalized spacial score (nSPS) is 14.2. The number of fused-ring (bicyclic) bond motifs is 1. The highest BCUT2D eigenvalue weighted by atomic mass is 35.5. The first kappa shape index (κ1) is 23.4. The highest BCUT2D eigenvalue weighted by Crippen LogP contribution is 2.29. The van der Waals surface area contributed by atoms with Gasteiger partial charge in [0.05, 0.1) is 23.4 Å². The van der Waals surface area contributed by atoms with E-state index in [1.54, 1.807) is 24.3 Å². The summed E-state index contributed by atoms with van der Waals surface area (Å²) in [7, 11) is 0. The van der Waals surface area contributed by atoms with Gasteiger partial charge in [0.15, 0.2) is 10.8 Å². The molecule has 11 heteroatoms. The van der Waals surface area contributed by atoms with Gasteiger partial charge in [0.1, 0.15) is 12.4 Å². The fourth-order valence-electron chi connectivity index (χ4n) is 3.61. The molecule has 2 aromatic carbocycles. The molecular formula is C24H22ClN5O4S. The smallest absolute Gasteiger partial charge is 0.278 e. The van der Waals surface area contributed by atoms with Crippen molar-refractivity contribution in [3.05, 3.63) is 71.0 Å². The Hall–Kier alpha value is -3.31. The van der Waals surface area contributed by atoms with E-state index in [-0.39, 0.29) is 11.6 Å². The molecule has 0 saturated carbocycles. The van der Waals surface area contributed by atoms with Crippen molar-refractivity contribution in [1.82, 2.24) is 19.7 Å². The molecular weight excluding hydrogens is 490 g/mol. The van der Waals surface area contributed by atoms with E-state index in [2.05, 4.69) is 20.3 Å². The van der Waals surface area contributed by atoms with Crippen LogP contribution < -0.4 is 10.1 Å². The standard InChI is InChI=1S/C24H22ClN5O4S/c25-17-3-1-16(2-4-17)23(32)30-8-7-20(28-30)22(31)27-24-26-19-6-5-18(15-21(19)35-24)34-14-11-29-9-12-33-13-10-29/h1-8,15H,9-14H2,(H,26,27,31). The lowest BCUT2D eigenvalue weighted by Crippen LogP contribution is -2.38. The number of rotatable bonds is 7. The summed E-state index contributed by atoms with van der Waals surface area (Å²) < 4.78 is 13.3. The minimum absolute atomic E-state index is 0.110. The van der Waals surface area contributed by atoms with Gasteiger partial charge in [0, 0.05) is 36.4 Å². The third-order valence-electron chi connectivity index (χ3n) is 5.48. The molecule has 5 rings (SSSR count). The maximum absolute atomic E-state index is 12.7. The second-order valence-corrected chi connectivity index (χ2v) is 9.33. The molecule has 1 fully saturated rings. The Morgan fingerprint density at radius 1 is 1.11 bits per heavy atom. The number of carbonyl (C=O) groups excluding carboxylic acids is 2. The van der Waals surface area contributed by atoms with E-state index in [9.17, 15) is 9.59 Å². The lowest BCUT2D eigenvalue weighted by molar-refractivity contribution is 0.0322. The molecule has 1 N–H and O–H groups in total. The van der Waals surface area contributed by atoms with Crippen molar-refractivity contribution in [2.45, 2.75) is 0 Å². The molecule has 0 bridgehead atoms. The van der Waals surface area contributed by atoms with Crippen LogP contribution in [-0.2, 0) is 4.74 Å². The lowest BCUT2D eigenvalue weighted by Gasteiger charge is -2.26. The molecule has 9 nitrogen and oxygen atoms in total. The number of aromatic nitrogens is 3. The molecule has 1 saturated heterocycles. The third-order valence-corrected chi connectivity index (χ3v) is 6.67. The first-order valence-electron chi connectivity index (χ1n) is 11.1. The van der Waals surface area contributed by atoms with Gasteiger partial charge in [-0.3, -0.25) is 19.8 Å². The first-order chi connectivity index (χ1) is 17.0. The fourth-order valence-corrected chi connectivity index (χ4v) is 4.62. The molecule has 0 unspecified atom stereocenters. The summed E-state index contributed by atoms with van der Waals surface area (Å²) in [6.07, 6.45) is 1.45. The molecule has 2 aromatic heterocycles. The lowest BCUT2D eigenvalue weighted by atomic mass is 10.2. The molecule has 0 aliphatic carbocycles. The maximum atomic E-state index is 12.7. The molecule has 3 heterocycles. The molecule has 0 radical (unpaired) electrons. The van der Waals surface area contributed by atoms with Crippen LogP contribution in [0.1, 0.15) is 20.8 Å². The predicted octanol–water partition coefficient (Wildman–Crippen LogP) is 3.80. The van der Waals surface area contributed by atoms with E-state index in [1.807, 2.05) is 18.2 Å². The molecule has 0 atom stereocenters. The number of ether oxygens (including phenoxy) is 2. The van der Waals surface area contributed by atoms with Crippen LogP contribution >= 0.6 is 22.9 Å². The molecule has 0 spiro atoms. The highest BCUT2D eigenvalue weighted by molar-refractivity contribution is 7.22. The minimum atomic E-state index is -0.450. The van der Waals surface area contributed by atoms with Crippen LogP contribution in [-0.4, -0.2) is 70.9 Å². The summed E-state index contributed by atoms with van der Waals surface area (Å²) in [4.78, 5) is 32.0. The van der Waals surface area contributed by atoms with E-state index in [0.717, 1.165) is 53.5 Å². The number of anilines is 1. The van der Waals surface area contributed by atoms with E-state index in [0.29, 0.717) is 22.3 Å². The van der Waals surface area contributed by atoms with E-state index in [1.165, 1.54) is 23.6 Å². The first-order valence-corrected chi connectivity index (χ1v) is 12.3. The van der Waals surface area contributed by atoms with Gasteiger partial charge >= 0.3 is 0 Å². The van der Waals surface area contributed by atoms with Crippen molar-refractivity contribution in [2.75, 3.05) is 44.8 Å². The van der Waals surface area contributed by atoms with Crippen molar-refractivity contribution in [1.29, 1.82) is 0 Å². The van der Waals surface area contributed by atoms with E-state index in [4.69, 9.17) is 21.1 Å². The van der Waals surface area contributed by atoms with Gasteiger partial charge in [0.25, 0.3) is 11.8 Å². The van der Waals surface area contributed by atoms with Gasteiger partial charge in [-0.2, -0.15) is 5.10 Å². The monoisotopic (exact) mass is 511 g/mol. The maximum Gasteiger partial charge on any atom is 0.278 e. The molecule has 1 aliphatic heterocycles. The molecule has 180 valence electrons. The van der Waals surface area contributed by atoms with Crippen molar-refractivity contribution in [3.63, 3.8) is 0 Å². The second kappa shape index (κ2) is 10.5. The number of halogens is 1. The van der Waals surface area contributed by atoms with Crippen LogP contribution in [0, 0.1) is 0 Å². The Labute approximate surface area is 210 Å². The second-order valence-electron chi connectivity index (χ2n) is 7.86. The van der Waals surface area contributed by atoms with Crippen LogP contribution in [0.3, 0.4) is 0 Å². The van der Waals surface area contributed by atoms with Gasteiger partial charge < -0.3 is 9.47 Å². The summed E-state index contributed by atoms with van der Waals surface area (Å²) in [6.45, 7) is 4.81. The summed E-state index contributed by atoms with van der Waals surface area (Å²) >= 11 is 7.21. The number of hydrogen-bond donors (Lipinski definition) is 1. The van der Waals surface area contributed by atoms with E-state index < -0.39 is 5.91 Å². The highest BCUT2D eigenvalue weighted by Gasteiger charge is 2.16. The number of morpholine rings is 1. The van der Waals surface area contributed by atoms with Crippen molar-refractivity contribution >= 4 is 50.1 Å². The Bertz CT molecular complexity index is 1350. The van der Waals surface area contributed by atoms with Gasteiger partial charge in [0.2, 0.25) is 0 Å². The van der Waals surface area contributed by atoms with Gasteiger partial charge in [-0.05, 0) is 48.5 Å². The number of benzene rings is 2. The van der Waals surface area contributed by atoms with Crippen molar-refractivity contribution in [3.8, 4) is 5.75 Å². The predicted molar refractivity (Wildman–Crippen MR) is 134 cm³/mol. The summed E-state index contributed by atoms with van der Waals surface area (Å²) in [6, 6.07) is 13.6. The van der Waals surface area contributed by atoms with Crippen LogP contribution in [0.2, 0.25) is 5.02 Å². The van der Waals surface area contributed by atoms with Crippen LogP contribution in [0.15, 0.2) is 54.7 Å². The van der Waals surface area contributed by atoms with E-state index >= 15 is 0 Å².